The first-order valence-electron chi connectivity index (χ1n) is 8.61. The number of hydrogen-bond donors (Lipinski definition) is 2. The fourth-order valence-electron chi connectivity index (χ4n) is 2.84. The van der Waals surface area contributed by atoms with Crippen LogP contribution in [-0.4, -0.2) is 32.5 Å². The van der Waals surface area contributed by atoms with Gasteiger partial charge >= 0.3 is 5.97 Å². The minimum absolute atomic E-state index is 0.0533. The second-order valence-corrected chi connectivity index (χ2v) is 8.91. The SMILES string of the molecule is COc1ccc(S(=O)(=O)N(Cc2ccccc2)c2csc(C(N)=O)c2C(=O)O)cc1. The number of nitrogens with two attached hydrogens (primary N) is 1. The van der Waals surface area contributed by atoms with Crippen molar-refractivity contribution in [3.63, 3.8) is 0 Å². The van der Waals surface area contributed by atoms with Crippen molar-refractivity contribution in [2.24, 2.45) is 5.73 Å². The molecule has 0 radical (unpaired) electrons. The molecule has 0 aliphatic carbocycles. The Morgan fingerprint density at radius 1 is 1.10 bits per heavy atom. The molecule has 156 valence electrons. The molecule has 30 heavy (non-hydrogen) atoms. The summed E-state index contributed by atoms with van der Waals surface area (Å²) >= 11 is 0.787. The molecular formula is C20H18N2O6S2. The zero-order valence-corrected chi connectivity index (χ0v) is 17.4. The summed E-state index contributed by atoms with van der Waals surface area (Å²) in [6, 6.07) is 14.4. The average molecular weight is 447 g/mol. The van der Waals surface area contributed by atoms with Crippen molar-refractivity contribution >= 4 is 38.9 Å². The van der Waals surface area contributed by atoms with Crippen LogP contribution in [0.1, 0.15) is 25.6 Å². The number of methoxy groups -OCH3 is 1. The first-order chi connectivity index (χ1) is 14.3. The molecule has 0 saturated carbocycles. The monoisotopic (exact) mass is 446 g/mol. The molecule has 1 aromatic heterocycles. The fraction of sp³-hybridized carbons (Fsp3) is 0.100. The average Bonchev–Trinajstić information content (AvgIpc) is 3.18. The number of carbonyl (C=O) groups excluding carboxylic acids is 1. The molecule has 1 amide bonds. The van der Waals surface area contributed by atoms with Crippen LogP contribution >= 0.6 is 11.3 Å². The van der Waals surface area contributed by atoms with Crippen LogP contribution < -0.4 is 14.8 Å². The standard InChI is InChI=1S/C20H18N2O6S2/c1-28-14-7-9-15(10-8-14)30(26,27)22(11-13-5-3-2-4-6-13)16-12-29-18(19(21)23)17(16)20(24)25/h2-10,12H,11H2,1H3,(H2,21,23)(H,24,25). The van der Waals surface area contributed by atoms with Gasteiger partial charge in [0.1, 0.15) is 16.2 Å². The summed E-state index contributed by atoms with van der Waals surface area (Å²) in [6.45, 7) is -0.135. The molecule has 10 heteroatoms. The Hall–Kier alpha value is -3.37. The summed E-state index contributed by atoms with van der Waals surface area (Å²) in [5, 5.41) is 11.0. The van der Waals surface area contributed by atoms with Gasteiger partial charge in [0.05, 0.1) is 24.2 Å². The largest absolute Gasteiger partial charge is 0.497 e. The molecule has 0 fully saturated rings. The lowest BCUT2D eigenvalue weighted by Gasteiger charge is -2.24. The normalized spacial score (nSPS) is 11.1. The van der Waals surface area contributed by atoms with Gasteiger partial charge in [-0.25, -0.2) is 13.2 Å². The van der Waals surface area contributed by atoms with E-state index in [4.69, 9.17) is 10.5 Å². The molecule has 8 nitrogen and oxygen atoms in total. The summed E-state index contributed by atoms with van der Waals surface area (Å²) in [5.74, 6) is -1.91. The van der Waals surface area contributed by atoms with Gasteiger partial charge in [0.25, 0.3) is 15.9 Å². The van der Waals surface area contributed by atoms with E-state index in [2.05, 4.69) is 0 Å². The number of thiophene rings is 1. The Morgan fingerprint density at radius 2 is 1.73 bits per heavy atom. The first kappa shape index (κ1) is 21.3. The van der Waals surface area contributed by atoms with E-state index >= 15 is 0 Å². The number of anilines is 1. The highest BCUT2D eigenvalue weighted by molar-refractivity contribution is 7.92. The van der Waals surface area contributed by atoms with Gasteiger partial charge in [-0.05, 0) is 29.8 Å². The summed E-state index contributed by atoms with van der Waals surface area (Å²) in [7, 11) is -2.72. The predicted octanol–water partition coefficient (Wildman–Crippen LogP) is 2.95. The summed E-state index contributed by atoms with van der Waals surface area (Å²) in [6.07, 6.45) is 0. The smallest absolute Gasteiger partial charge is 0.339 e. The highest BCUT2D eigenvalue weighted by Gasteiger charge is 2.32. The number of sulfonamides is 1. The van der Waals surface area contributed by atoms with Crippen LogP contribution in [0.3, 0.4) is 0 Å². The molecule has 3 aromatic rings. The maximum atomic E-state index is 13.5. The third kappa shape index (κ3) is 4.14. The third-order valence-electron chi connectivity index (χ3n) is 4.29. The van der Waals surface area contributed by atoms with Crippen molar-refractivity contribution < 1.29 is 27.9 Å². The fourth-order valence-corrected chi connectivity index (χ4v) is 5.27. The minimum atomic E-state index is -4.18. The number of aromatic carboxylic acids is 1. The zero-order valence-electron chi connectivity index (χ0n) is 15.8. The lowest BCUT2D eigenvalue weighted by atomic mass is 10.2. The van der Waals surface area contributed by atoms with Crippen LogP contribution in [0.2, 0.25) is 0 Å². The number of benzene rings is 2. The van der Waals surface area contributed by atoms with Crippen molar-refractivity contribution in [2.75, 3.05) is 11.4 Å². The Labute approximate surface area is 177 Å². The van der Waals surface area contributed by atoms with E-state index in [1.165, 1.54) is 36.8 Å². The van der Waals surface area contributed by atoms with E-state index in [9.17, 15) is 23.1 Å². The van der Waals surface area contributed by atoms with Gasteiger partial charge in [-0.3, -0.25) is 9.10 Å². The Morgan fingerprint density at radius 3 is 2.27 bits per heavy atom. The molecule has 0 saturated heterocycles. The number of carboxylic acids is 1. The molecule has 0 bridgehead atoms. The van der Waals surface area contributed by atoms with E-state index in [0.717, 1.165) is 15.6 Å². The highest BCUT2D eigenvalue weighted by atomic mass is 32.2. The summed E-state index contributed by atoms with van der Waals surface area (Å²) in [5.41, 5.74) is 5.37. The Kier molecular flexibility index (Phi) is 6.09. The quantitative estimate of drug-likeness (QED) is 0.548. The van der Waals surface area contributed by atoms with Crippen LogP contribution in [-0.2, 0) is 16.6 Å². The van der Waals surface area contributed by atoms with Crippen LogP contribution in [0.25, 0.3) is 0 Å². The van der Waals surface area contributed by atoms with Crippen molar-refractivity contribution in [1.82, 2.24) is 0 Å². The number of rotatable bonds is 8. The lowest BCUT2D eigenvalue weighted by molar-refractivity contribution is 0.0694. The third-order valence-corrected chi connectivity index (χ3v) is 7.05. The molecule has 0 unspecified atom stereocenters. The van der Waals surface area contributed by atoms with Gasteiger partial charge in [-0.1, -0.05) is 30.3 Å². The van der Waals surface area contributed by atoms with E-state index in [0.29, 0.717) is 11.3 Å². The molecule has 0 atom stereocenters. The van der Waals surface area contributed by atoms with Crippen LogP contribution in [0.5, 0.6) is 5.75 Å². The molecule has 1 heterocycles. The van der Waals surface area contributed by atoms with E-state index in [-0.39, 0.29) is 22.0 Å². The number of ether oxygens (including phenoxy) is 1. The maximum absolute atomic E-state index is 13.5. The number of carboxylic acid groups (broad SMARTS) is 1. The van der Waals surface area contributed by atoms with Crippen LogP contribution in [0.4, 0.5) is 5.69 Å². The molecule has 3 N–H and O–H groups in total. The second-order valence-electron chi connectivity index (χ2n) is 6.17. The first-order valence-corrected chi connectivity index (χ1v) is 10.9. The van der Waals surface area contributed by atoms with Gasteiger partial charge < -0.3 is 15.6 Å². The van der Waals surface area contributed by atoms with Gasteiger partial charge in [0.15, 0.2) is 0 Å². The minimum Gasteiger partial charge on any atom is -0.497 e. The number of primary amides is 1. The highest BCUT2D eigenvalue weighted by Crippen LogP contribution is 2.35. The number of nitrogens with zero attached hydrogens (tertiary/aromatic N) is 1. The Balaban J connectivity index is 2.19. The van der Waals surface area contributed by atoms with Crippen molar-refractivity contribution in [3.05, 3.63) is 76.0 Å². The topological polar surface area (TPSA) is 127 Å². The van der Waals surface area contributed by atoms with Crippen molar-refractivity contribution in [2.45, 2.75) is 11.4 Å². The van der Waals surface area contributed by atoms with Gasteiger partial charge in [0, 0.05) is 5.38 Å². The van der Waals surface area contributed by atoms with Crippen LogP contribution in [0, 0.1) is 0 Å². The lowest BCUT2D eigenvalue weighted by Crippen LogP contribution is -2.31. The molecule has 0 aliphatic rings. The molecular weight excluding hydrogens is 428 g/mol. The van der Waals surface area contributed by atoms with E-state index < -0.39 is 27.5 Å². The van der Waals surface area contributed by atoms with Crippen LogP contribution in [0.15, 0.2) is 64.9 Å². The number of carbonyl (C=O) groups is 2. The maximum Gasteiger partial charge on any atom is 0.339 e. The molecule has 0 aliphatic heterocycles. The van der Waals surface area contributed by atoms with E-state index in [1.807, 2.05) is 0 Å². The van der Waals surface area contributed by atoms with E-state index in [1.54, 1.807) is 30.3 Å². The van der Waals surface area contributed by atoms with Crippen molar-refractivity contribution in [3.8, 4) is 5.75 Å². The zero-order chi connectivity index (χ0) is 21.9. The summed E-state index contributed by atoms with van der Waals surface area (Å²) < 4.78 is 33.0. The van der Waals surface area contributed by atoms with Gasteiger partial charge in [-0.15, -0.1) is 11.3 Å². The number of amides is 1. The molecule has 2 aromatic carbocycles. The molecule has 0 spiro atoms. The van der Waals surface area contributed by atoms with Gasteiger partial charge in [-0.2, -0.15) is 0 Å². The number of hydrogen-bond acceptors (Lipinski definition) is 6. The summed E-state index contributed by atoms with van der Waals surface area (Å²) in [4.78, 5) is 23.3. The molecule has 3 rings (SSSR count). The predicted molar refractivity (Wildman–Crippen MR) is 113 cm³/mol. The Bertz CT molecular complexity index is 1170. The second kappa shape index (κ2) is 8.56. The van der Waals surface area contributed by atoms with Gasteiger partial charge in [0.2, 0.25) is 0 Å². The van der Waals surface area contributed by atoms with Crippen molar-refractivity contribution in [1.29, 1.82) is 0 Å².